The average molecular weight is 422 g/mol. The minimum absolute atomic E-state index is 0.00759. The molecule has 29 heavy (non-hydrogen) atoms. The number of anilines is 1. The Morgan fingerprint density at radius 1 is 1.07 bits per heavy atom. The normalized spacial score (nSPS) is 19.5. The van der Waals surface area contributed by atoms with Crippen molar-refractivity contribution in [3.8, 4) is 0 Å². The summed E-state index contributed by atoms with van der Waals surface area (Å²) in [5.41, 5.74) is 11.2. The number of rotatable bonds is 6. The highest BCUT2D eigenvalue weighted by molar-refractivity contribution is 7.09. The first-order valence-corrected chi connectivity index (χ1v) is 11.4. The van der Waals surface area contributed by atoms with E-state index in [0.29, 0.717) is 0 Å². The highest BCUT2D eigenvalue weighted by atomic mass is 32.1. The van der Waals surface area contributed by atoms with E-state index in [2.05, 4.69) is 9.69 Å². The topological polar surface area (TPSA) is 131 Å². The van der Waals surface area contributed by atoms with Gasteiger partial charge in [0, 0.05) is 12.1 Å². The zero-order valence-corrected chi connectivity index (χ0v) is 17.8. The van der Waals surface area contributed by atoms with Gasteiger partial charge in [-0.1, -0.05) is 38.5 Å². The predicted molar refractivity (Wildman–Crippen MR) is 113 cm³/mol. The molecule has 0 bridgehead atoms. The molecule has 9 heteroatoms. The lowest BCUT2D eigenvalue weighted by molar-refractivity contribution is -0.127. The summed E-state index contributed by atoms with van der Waals surface area (Å²) in [5.74, 6) is -1.23. The summed E-state index contributed by atoms with van der Waals surface area (Å²) in [6.45, 7) is 1.77. The molecule has 2 aliphatic carbocycles. The summed E-state index contributed by atoms with van der Waals surface area (Å²) in [4.78, 5) is 39.8. The van der Waals surface area contributed by atoms with Gasteiger partial charge in [0.2, 0.25) is 5.91 Å². The summed E-state index contributed by atoms with van der Waals surface area (Å²) in [7, 11) is 0. The van der Waals surface area contributed by atoms with Crippen molar-refractivity contribution < 1.29 is 14.4 Å². The van der Waals surface area contributed by atoms with Gasteiger partial charge in [-0.2, -0.15) is 4.37 Å². The Bertz CT molecular complexity index is 753. The summed E-state index contributed by atoms with van der Waals surface area (Å²) in [6.07, 6.45) is 10.3. The maximum atomic E-state index is 13.4. The van der Waals surface area contributed by atoms with Gasteiger partial charge in [-0.15, -0.1) is 0 Å². The molecule has 2 aliphatic rings. The largest absolute Gasteiger partial charge is 0.395 e. The molecule has 8 nitrogen and oxygen atoms in total. The molecule has 0 aliphatic heterocycles. The molecule has 3 rings (SSSR count). The molecule has 1 aromatic rings. The van der Waals surface area contributed by atoms with Crippen molar-refractivity contribution in [3.63, 3.8) is 0 Å². The zero-order valence-electron chi connectivity index (χ0n) is 17.0. The lowest BCUT2D eigenvalue weighted by Gasteiger charge is -2.38. The summed E-state index contributed by atoms with van der Waals surface area (Å²) < 4.78 is 3.96. The van der Waals surface area contributed by atoms with Crippen molar-refractivity contribution in [1.29, 1.82) is 0 Å². The van der Waals surface area contributed by atoms with Crippen LogP contribution in [-0.2, 0) is 4.79 Å². The SMILES string of the molecule is C[C@H](C(=O)NC1CCCCC1)N(C(=O)c1snc(C(N)=O)c1N)C1CCCCC1. The van der Waals surface area contributed by atoms with Crippen LogP contribution >= 0.6 is 11.5 Å². The molecular weight excluding hydrogens is 390 g/mol. The van der Waals surface area contributed by atoms with Crippen molar-refractivity contribution in [1.82, 2.24) is 14.6 Å². The van der Waals surface area contributed by atoms with Crippen LogP contribution in [0, 0.1) is 0 Å². The molecule has 0 aromatic carbocycles. The number of nitrogen functional groups attached to an aromatic ring is 1. The van der Waals surface area contributed by atoms with Gasteiger partial charge in [0.25, 0.3) is 11.8 Å². The van der Waals surface area contributed by atoms with Gasteiger partial charge in [-0.25, -0.2) is 0 Å². The van der Waals surface area contributed by atoms with Crippen molar-refractivity contribution >= 4 is 34.9 Å². The number of amides is 3. The third kappa shape index (κ3) is 4.88. The predicted octanol–water partition coefficient (Wildman–Crippen LogP) is 2.44. The van der Waals surface area contributed by atoms with Crippen LogP contribution < -0.4 is 16.8 Å². The number of primary amides is 1. The third-order valence-electron chi connectivity index (χ3n) is 6.11. The number of nitrogens with one attached hydrogen (secondary N) is 1. The van der Waals surface area contributed by atoms with Crippen LogP contribution in [0.15, 0.2) is 0 Å². The summed E-state index contributed by atoms with van der Waals surface area (Å²) in [5, 5.41) is 3.13. The number of aromatic nitrogens is 1. The van der Waals surface area contributed by atoms with E-state index in [1.807, 2.05) is 0 Å². The van der Waals surface area contributed by atoms with Crippen molar-refractivity contribution in [2.24, 2.45) is 5.73 Å². The Balaban J connectivity index is 1.82. The molecule has 2 fully saturated rings. The van der Waals surface area contributed by atoms with E-state index in [1.54, 1.807) is 11.8 Å². The molecule has 160 valence electrons. The molecule has 0 spiro atoms. The Morgan fingerprint density at radius 2 is 1.66 bits per heavy atom. The van der Waals surface area contributed by atoms with E-state index < -0.39 is 11.9 Å². The van der Waals surface area contributed by atoms with Crippen molar-refractivity contribution in [3.05, 3.63) is 10.6 Å². The monoisotopic (exact) mass is 421 g/mol. The second-order valence-electron chi connectivity index (χ2n) is 8.16. The summed E-state index contributed by atoms with van der Waals surface area (Å²) in [6, 6.07) is -0.468. The number of hydrogen-bond acceptors (Lipinski definition) is 6. The first kappa shape index (κ1) is 21.5. The van der Waals surface area contributed by atoms with E-state index in [1.165, 1.54) is 6.42 Å². The first-order valence-electron chi connectivity index (χ1n) is 10.6. The van der Waals surface area contributed by atoms with Crippen LogP contribution in [0.1, 0.15) is 91.3 Å². The average Bonchev–Trinajstić information content (AvgIpc) is 3.11. The molecule has 3 amide bonds. The Labute approximate surface area is 175 Å². The Kier molecular flexibility index (Phi) is 7.10. The summed E-state index contributed by atoms with van der Waals surface area (Å²) >= 11 is 0.871. The molecule has 1 aromatic heterocycles. The molecule has 1 heterocycles. The Hall–Kier alpha value is -2.16. The van der Waals surface area contributed by atoms with Crippen LogP contribution in [0.3, 0.4) is 0 Å². The lowest BCUT2D eigenvalue weighted by Crippen LogP contribution is -2.54. The van der Waals surface area contributed by atoms with Crippen LogP contribution in [0.5, 0.6) is 0 Å². The Morgan fingerprint density at radius 3 is 2.21 bits per heavy atom. The fraction of sp³-hybridized carbons (Fsp3) is 0.700. The van der Waals surface area contributed by atoms with E-state index >= 15 is 0 Å². The third-order valence-corrected chi connectivity index (χ3v) is 6.96. The van der Waals surface area contributed by atoms with Crippen LogP contribution in [-0.4, -0.2) is 45.1 Å². The van der Waals surface area contributed by atoms with Gasteiger partial charge in [-0.3, -0.25) is 14.4 Å². The smallest absolute Gasteiger partial charge is 0.270 e. The fourth-order valence-electron chi connectivity index (χ4n) is 4.46. The number of nitrogens with two attached hydrogens (primary N) is 2. The minimum Gasteiger partial charge on any atom is -0.395 e. The fourth-order valence-corrected chi connectivity index (χ4v) is 5.21. The number of carbonyl (C=O) groups is 3. The quantitative estimate of drug-likeness (QED) is 0.649. The van der Waals surface area contributed by atoms with E-state index in [-0.39, 0.29) is 40.2 Å². The maximum Gasteiger partial charge on any atom is 0.270 e. The number of nitrogens with zero attached hydrogens (tertiary/aromatic N) is 2. The second kappa shape index (κ2) is 9.56. The lowest BCUT2D eigenvalue weighted by atomic mass is 9.92. The molecule has 0 radical (unpaired) electrons. The first-order chi connectivity index (χ1) is 13.9. The highest BCUT2D eigenvalue weighted by Gasteiger charge is 2.36. The number of hydrogen-bond donors (Lipinski definition) is 3. The van der Waals surface area contributed by atoms with Gasteiger partial charge >= 0.3 is 0 Å². The highest BCUT2D eigenvalue weighted by Crippen LogP contribution is 2.30. The van der Waals surface area contributed by atoms with E-state index in [0.717, 1.165) is 69.3 Å². The molecule has 0 saturated heterocycles. The van der Waals surface area contributed by atoms with Gasteiger partial charge in [0.05, 0.1) is 5.69 Å². The molecule has 0 unspecified atom stereocenters. The van der Waals surface area contributed by atoms with Crippen LogP contribution in [0.4, 0.5) is 5.69 Å². The number of carbonyl (C=O) groups excluding carboxylic acids is 3. The molecule has 5 N–H and O–H groups in total. The molecular formula is C20H31N5O3S. The second-order valence-corrected chi connectivity index (χ2v) is 8.94. The van der Waals surface area contributed by atoms with E-state index in [4.69, 9.17) is 11.5 Å². The van der Waals surface area contributed by atoms with Gasteiger partial charge in [0.1, 0.15) is 10.9 Å². The van der Waals surface area contributed by atoms with Crippen LogP contribution in [0.2, 0.25) is 0 Å². The molecule has 1 atom stereocenters. The maximum absolute atomic E-state index is 13.4. The van der Waals surface area contributed by atoms with E-state index in [9.17, 15) is 14.4 Å². The van der Waals surface area contributed by atoms with Crippen LogP contribution in [0.25, 0.3) is 0 Å². The zero-order chi connectivity index (χ0) is 21.0. The standard InChI is InChI=1S/C20H31N5O3S/c1-12(19(27)23-13-8-4-2-5-9-13)25(14-10-6-3-7-11-14)20(28)17-15(21)16(18(22)26)24-29-17/h12-14H,2-11,21H2,1H3,(H2,22,26)(H,23,27)/t12-/m1/s1. The van der Waals surface area contributed by atoms with Gasteiger partial charge < -0.3 is 21.7 Å². The van der Waals surface area contributed by atoms with Gasteiger partial charge in [0.15, 0.2) is 5.69 Å². The minimum atomic E-state index is -0.759. The van der Waals surface area contributed by atoms with Crippen molar-refractivity contribution in [2.45, 2.75) is 89.3 Å². The molecule has 2 saturated carbocycles. The van der Waals surface area contributed by atoms with Gasteiger partial charge in [-0.05, 0) is 44.1 Å². The van der Waals surface area contributed by atoms with Crippen molar-refractivity contribution in [2.75, 3.05) is 5.73 Å².